The number of furan rings is 1. The van der Waals surface area contributed by atoms with E-state index in [1.54, 1.807) is 42.1 Å². The third-order valence-electron chi connectivity index (χ3n) is 4.06. The molecule has 124 valence electrons. The first-order valence-corrected chi connectivity index (χ1v) is 8.09. The van der Waals surface area contributed by atoms with Crippen molar-refractivity contribution in [3.05, 3.63) is 82.2 Å². The zero-order chi connectivity index (χ0) is 17.4. The highest BCUT2D eigenvalue weighted by Gasteiger charge is 2.12. The summed E-state index contributed by atoms with van der Waals surface area (Å²) in [6.45, 7) is 0. The van der Waals surface area contributed by atoms with Crippen LogP contribution in [-0.4, -0.2) is 11.7 Å². The number of methoxy groups -OCH3 is 1. The average Bonchev–Trinajstić information content (AvgIpc) is 3.08. The van der Waals surface area contributed by atoms with Gasteiger partial charge in [0.15, 0.2) is 0 Å². The third kappa shape index (κ3) is 2.81. The summed E-state index contributed by atoms with van der Waals surface area (Å²) in [6, 6.07) is 18.2. The minimum absolute atomic E-state index is 0.133. The van der Waals surface area contributed by atoms with Crippen molar-refractivity contribution in [3.8, 4) is 22.8 Å². The SMILES string of the molecule is COc1ccc(-n2ccc3oc(-c4ccc(Cl)cc4)cc3c2=O)cc1. The molecule has 0 N–H and O–H groups in total. The quantitative estimate of drug-likeness (QED) is 0.526. The number of nitrogens with zero attached hydrogens (tertiary/aromatic N) is 1. The number of hydrogen-bond acceptors (Lipinski definition) is 3. The molecule has 0 saturated carbocycles. The Morgan fingerprint density at radius 2 is 1.72 bits per heavy atom. The number of rotatable bonds is 3. The van der Waals surface area contributed by atoms with Crippen molar-refractivity contribution in [2.24, 2.45) is 0 Å². The minimum Gasteiger partial charge on any atom is -0.497 e. The molecule has 25 heavy (non-hydrogen) atoms. The van der Waals surface area contributed by atoms with Crippen molar-refractivity contribution in [2.45, 2.75) is 0 Å². The fourth-order valence-electron chi connectivity index (χ4n) is 2.74. The molecule has 5 heteroatoms. The van der Waals surface area contributed by atoms with Gasteiger partial charge in [0, 0.05) is 22.5 Å². The highest BCUT2D eigenvalue weighted by Crippen LogP contribution is 2.27. The van der Waals surface area contributed by atoms with E-state index in [4.69, 9.17) is 20.8 Å². The lowest BCUT2D eigenvalue weighted by atomic mass is 10.1. The molecule has 0 amide bonds. The second-order valence-corrected chi connectivity index (χ2v) is 6.02. The van der Waals surface area contributed by atoms with Crippen LogP contribution in [0.2, 0.25) is 5.02 Å². The molecule has 0 bridgehead atoms. The van der Waals surface area contributed by atoms with Crippen molar-refractivity contribution >= 4 is 22.6 Å². The number of pyridine rings is 1. The maximum Gasteiger partial charge on any atom is 0.266 e. The predicted molar refractivity (Wildman–Crippen MR) is 98.8 cm³/mol. The van der Waals surface area contributed by atoms with Gasteiger partial charge in [0.2, 0.25) is 0 Å². The van der Waals surface area contributed by atoms with Crippen LogP contribution in [0.1, 0.15) is 0 Å². The van der Waals surface area contributed by atoms with Crippen LogP contribution in [0.5, 0.6) is 5.75 Å². The number of hydrogen-bond donors (Lipinski definition) is 0. The minimum atomic E-state index is -0.133. The molecular formula is C20H14ClNO3. The standard InChI is InChI=1S/C20H14ClNO3/c1-24-16-8-6-15(7-9-16)22-11-10-18-17(20(22)23)12-19(25-18)13-2-4-14(21)5-3-13/h2-12H,1H3. The summed E-state index contributed by atoms with van der Waals surface area (Å²) in [4.78, 5) is 12.8. The van der Waals surface area contributed by atoms with Gasteiger partial charge in [-0.2, -0.15) is 0 Å². The van der Waals surface area contributed by atoms with Gasteiger partial charge in [0.1, 0.15) is 17.1 Å². The first-order chi connectivity index (χ1) is 12.2. The van der Waals surface area contributed by atoms with Gasteiger partial charge in [-0.1, -0.05) is 11.6 Å². The second-order valence-electron chi connectivity index (χ2n) is 5.58. The molecule has 2 aromatic carbocycles. The first kappa shape index (κ1) is 15.5. The number of ether oxygens (including phenoxy) is 1. The first-order valence-electron chi connectivity index (χ1n) is 7.71. The van der Waals surface area contributed by atoms with E-state index in [1.807, 2.05) is 36.4 Å². The second kappa shape index (κ2) is 6.15. The van der Waals surface area contributed by atoms with E-state index in [-0.39, 0.29) is 5.56 Å². The van der Waals surface area contributed by atoms with Crippen LogP contribution in [0.15, 0.2) is 76.1 Å². The summed E-state index contributed by atoms with van der Waals surface area (Å²) in [5, 5.41) is 1.19. The largest absolute Gasteiger partial charge is 0.497 e. The van der Waals surface area contributed by atoms with E-state index in [9.17, 15) is 4.79 Å². The van der Waals surface area contributed by atoms with Crippen LogP contribution >= 0.6 is 11.6 Å². The molecule has 2 heterocycles. The molecule has 0 atom stereocenters. The Morgan fingerprint density at radius 3 is 2.40 bits per heavy atom. The summed E-state index contributed by atoms with van der Waals surface area (Å²) in [5.74, 6) is 1.38. The van der Waals surface area contributed by atoms with E-state index in [0.717, 1.165) is 17.0 Å². The van der Waals surface area contributed by atoms with Gasteiger partial charge in [0.05, 0.1) is 12.5 Å². The fourth-order valence-corrected chi connectivity index (χ4v) is 2.86. The van der Waals surface area contributed by atoms with Crippen LogP contribution in [0, 0.1) is 0 Å². The van der Waals surface area contributed by atoms with Crippen molar-refractivity contribution < 1.29 is 9.15 Å². The molecule has 0 unspecified atom stereocenters. The van der Waals surface area contributed by atoms with Gasteiger partial charge in [0.25, 0.3) is 5.56 Å². The summed E-state index contributed by atoms with van der Waals surface area (Å²) >= 11 is 5.92. The molecule has 0 fully saturated rings. The van der Waals surface area contributed by atoms with Crippen molar-refractivity contribution in [2.75, 3.05) is 7.11 Å². The van der Waals surface area contributed by atoms with Crippen molar-refractivity contribution in [3.63, 3.8) is 0 Å². The van der Waals surface area contributed by atoms with Gasteiger partial charge in [-0.15, -0.1) is 0 Å². The maximum atomic E-state index is 12.8. The Kier molecular flexibility index (Phi) is 3.82. The van der Waals surface area contributed by atoms with Gasteiger partial charge in [-0.25, -0.2) is 0 Å². The van der Waals surface area contributed by atoms with Gasteiger partial charge >= 0.3 is 0 Å². The summed E-state index contributed by atoms with van der Waals surface area (Å²) in [7, 11) is 1.61. The van der Waals surface area contributed by atoms with Crippen LogP contribution in [0.3, 0.4) is 0 Å². The van der Waals surface area contributed by atoms with Crippen LogP contribution in [-0.2, 0) is 0 Å². The van der Waals surface area contributed by atoms with Crippen molar-refractivity contribution in [1.82, 2.24) is 4.57 Å². The predicted octanol–water partition coefficient (Wildman–Crippen LogP) is 4.91. The van der Waals surface area contributed by atoms with E-state index >= 15 is 0 Å². The highest BCUT2D eigenvalue weighted by molar-refractivity contribution is 6.30. The van der Waals surface area contributed by atoms with Gasteiger partial charge in [-0.3, -0.25) is 9.36 Å². The molecule has 4 nitrogen and oxygen atoms in total. The number of benzene rings is 2. The molecule has 0 aliphatic heterocycles. The number of halogens is 1. The van der Waals surface area contributed by atoms with Gasteiger partial charge in [-0.05, 0) is 60.7 Å². The van der Waals surface area contributed by atoms with Crippen molar-refractivity contribution in [1.29, 1.82) is 0 Å². The topological polar surface area (TPSA) is 44.4 Å². The molecule has 0 aliphatic carbocycles. The zero-order valence-electron chi connectivity index (χ0n) is 13.4. The molecule has 0 saturated heterocycles. The number of fused-ring (bicyclic) bond motifs is 1. The Bertz CT molecular complexity index is 1090. The molecule has 4 rings (SSSR count). The molecule has 2 aromatic heterocycles. The molecule has 4 aromatic rings. The third-order valence-corrected chi connectivity index (χ3v) is 4.32. The monoisotopic (exact) mass is 351 g/mol. The summed E-state index contributed by atoms with van der Waals surface area (Å²) in [6.07, 6.45) is 1.71. The smallest absolute Gasteiger partial charge is 0.266 e. The fraction of sp³-hybridized carbons (Fsp3) is 0.0500. The molecule has 0 radical (unpaired) electrons. The molecule has 0 spiro atoms. The maximum absolute atomic E-state index is 12.8. The Hall–Kier alpha value is -2.98. The Morgan fingerprint density at radius 1 is 1.00 bits per heavy atom. The van der Waals surface area contributed by atoms with Crippen LogP contribution in [0.4, 0.5) is 0 Å². The summed E-state index contributed by atoms with van der Waals surface area (Å²) in [5.41, 5.74) is 2.06. The lowest BCUT2D eigenvalue weighted by Crippen LogP contribution is -2.16. The Labute approximate surface area is 148 Å². The van der Waals surface area contributed by atoms with Crippen LogP contribution < -0.4 is 10.3 Å². The highest BCUT2D eigenvalue weighted by atomic mass is 35.5. The van der Waals surface area contributed by atoms with E-state index in [1.165, 1.54) is 0 Å². The van der Waals surface area contributed by atoms with Gasteiger partial charge < -0.3 is 9.15 Å². The molecular weight excluding hydrogens is 338 g/mol. The van der Waals surface area contributed by atoms with E-state index < -0.39 is 0 Å². The lowest BCUT2D eigenvalue weighted by Gasteiger charge is -2.06. The lowest BCUT2D eigenvalue weighted by molar-refractivity contribution is 0.414. The van der Waals surface area contributed by atoms with E-state index in [2.05, 4.69) is 0 Å². The summed E-state index contributed by atoms with van der Waals surface area (Å²) < 4.78 is 12.6. The number of aromatic nitrogens is 1. The molecule has 0 aliphatic rings. The van der Waals surface area contributed by atoms with Crippen LogP contribution in [0.25, 0.3) is 28.0 Å². The normalized spacial score (nSPS) is 11.0. The Balaban J connectivity index is 1.82. The zero-order valence-corrected chi connectivity index (χ0v) is 14.2. The average molecular weight is 352 g/mol. The van der Waals surface area contributed by atoms with E-state index in [0.29, 0.717) is 21.8 Å².